The van der Waals surface area contributed by atoms with E-state index in [1.165, 1.54) is 0 Å². The van der Waals surface area contributed by atoms with Crippen LogP contribution in [-0.4, -0.2) is 17.0 Å². The highest BCUT2D eigenvalue weighted by atomic mass is 16.3. The van der Waals surface area contributed by atoms with Crippen LogP contribution in [0.25, 0.3) is 0 Å². The molecule has 3 rings (SSSR count). The molecule has 126 valence electrons. The van der Waals surface area contributed by atoms with Gasteiger partial charge in [-0.2, -0.15) is 5.26 Å². The molecule has 1 N–H and O–H groups in total. The minimum atomic E-state index is -0.503. The van der Waals surface area contributed by atoms with E-state index >= 15 is 0 Å². The molecule has 0 aliphatic heterocycles. The highest BCUT2D eigenvalue weighted by Crippen LogP contribution is 2.65. The standard InChI is InChI=1S/C21H25NO2/c1-5-8-21-10-6-16-19(2,3)18(24)7-9-20(16,4)17(21)11-15(23)14(12-21)13-22/h11-12,16,18,24H,6-7,9-10H2,1-4H3/t16-,18-,20-,21-/m0/s1. The number of fused-ring (bicyclic) bond motifs is 3. The molecule has 3 aliphatic carbocycles. The molecule has 0 saturated heterocycles. The molecule has 0 spiro atoms. The van der Waals surface area contributed by atoms with Crippen molar-refractivity contribution >= 4 is 5.78 Å². The Morgan fingerprint density at radius 2 is 1.96 bits per heavy atom. The van der Waals surface area contributed by atoms with Gasteiger partial charge in [-0.3, -0.25) is 4.79 Å². The monoisotopic (exact) mass is 323 g/mol. The molecule has 0 amide bonds. The van der Waals surface area contributed by atoms with Gasteiger partial charge in [-0.15, -0.1) is 5.92 Å². The third-order valence-electron chi connectivity index (χ3n) is 6.79. The van der Waals surface area contributed by atoms with E-state index in [1.54, 1.807) is 12.2 Å². The Bertz CT molecular complexity index is 755. The van der Waals surface area contributed by atoms with E-state index in [0.29, 0.717) is 5.92 Å². The Morgan fingerprint density at radius 1 is 1.25 bits per heavy atom. The number of ketones is 1. The number of aliphatic hydroxyl groups is 1. The van der Waals surface area contributed by atoms with Crippen molar-refractivity contribution in [2.24, 2.45) is 22.2 Å². The van der Waals surface area contributed by atoms with E-state index < -0.39 is 5.41 Å². The highest BCUT2D eigenvalue weighted by Gasteiger charge is 2.59. The third kappa shape index (κ3) is 2.11. The minimum Gasteiger partial charge on any atom is -0.393 e. The molecule has 0 radical (unpaired) electrons. The smallest absolute Gasteiger partial charge is 0.196 e. The van der Waals surface area contributed by atoms with Crippen LogP contribution < -0.4 is 0 Å². The van der Waals surface area contributed by atoms with E-state index in [1.807, 2.05) is 13.0 Å². The normalized spacial score (nSPS) is 40.1. The lowest BCUT2D eigenvalue weighted by atomic mass is 9.44. The van der Waals surface area contributed by atoms with Crippen LogP contribution in [0.5, 0.6) is 0 Å². The molecular formula is C21H25NO2. The molecule has 3 heteroatoms. The zero-order valence-corrected chi connectivity index (χ0v) is 14.9. The Balaban J connectivity index is 2.18. The van der Waals surface area contributed by atoms with E-state index in [0.717, 1.165) is 31.3 Å². The maximum absolute atomic E-state index is 12.4. The van der Waals surface area contributed by atoms with Gasteiger partial charge in [0.15, 0.2) is 5.78 Å². The van der Waals surface area contributed by atoms with E-state index in [9.17, 15) is 15.2 Å². The molecule has 0 heterocycles. The first kappa shape index (κ1) is 17.0. The van der Waals surface area contributed by atoms with Gasteiger partial charge in [0, 0.05) is 0 Å². The summed E-state index contributed by atoms with van der Waals surface area (Å²) in [5, 5.41) is 19.8. The topological polar surface area (TPSA) is 61.1 Å². The van der Waals surface area contributed by atoms with Gasteiger partial charge in [0.1, 0.15) is 6.07 Å². The van der Waals surface area contributed by atoms with Crippen molar-refractivity contribution in [1.29, 1.82) is 5.26 Å². The summed E-state index contributed by atoms with van der Waals surface area (Å²) in [6, 6.07) is 2.04. The molecule has 3 aliphatic rings. The number of carbonyl (C=O) groups excluding carboxylic acids is 1. The Labute approximate surface area is 144 Å². The number of aliphatic hydroxyl groups excluding tert-OH is 1. The van der Waals surface area contributed by atoms with Crippen LogP contribution in [0.4, 0.5) is 0 Å². The van der Waals surface area contributed by atoms with E-state index in [2.05, 4.69) is 32.6 Å². The summed E-state index contributed by atoms with van der Waals surface area (Å²) in [5.41, 5.74) is 0.403. The molecule has 2 fully saturated rings. The number of hydrogen-bond donors (Lipinski definition) is 1. The van der Waals surface area contributed by atoms with Crippen molar-refractivity contribution in [3.63, 3.8) is 0 Å². The van der Waals surface area contributed by atoms with Crippen molar-refractivity contribution < 1.29 is 9.90 Å². The Morgan fingerprint density at radius 3 is 2.58 bits per heavy atom. The van der Waals surface area contributed by atoms with Gasteiger partial charge in [-0.05, 0) is 67.1 Å². The summed E-state index contributed by atoms with van der Waals surface area (Å²) in [6.45, 7) is 8.31. The lowest BCUT2D eigenvalue weighted by molar-refractivity contribution is -0.113. The predicted molar refractivity (Wildman–Crippen MR) is 92.5 cm³/mol. The van der Waals surface area contributed by atoms with Gasteiger partial charge < -0.3 is 5.11 Å². The second-order valence-corrected chi connectivity index (χ2v) is 8.32. The van der Waals surface area contributed by atoms with Crippen LogP contribution >= 0.6 is 0 Å². The number of nitrogens with zero attached hydrogens (tertiary/aromatic N) is 1. The molecule has 3 nitrogen and oxygen atoms in total. The average Bonchev–Trinajstić information content (AvgIpc) is 2.52. The van der Waals surface area contributed by atoms with Crippen molar-refractivity contribution in [3.8, 4) is 17.9 Å². The first-order valence-electron chi connectivity index (χ1n) is 8.73. The fourth-order valence-corrected chi connectivity index (χ4v) is 5.51. The van der Waals surface area contributed by atoms with Gasteiger partial charge in [-0.1, -0.05) is 26.7 Å². The van der Waals surface area contributed by atoms with Crippen molar-refractivity contribution in [2.75, 3.05) is 0 Å². The molecule has 0 aromatic heterocycles. The van der Waals surface area contributed by atoms with Crippen molar-refractivity contribution in [1.82, 2.24) is 0 Å². The summed E-state index contributed by atoms with van der Waals surface area (Å²) in [6.07, 6.45) is 6.50. The fraction of sp³-hybridized carbons (Fsp3) is 0.619. The van der Waals surface area contributed by atoms with Crippen LogP contribution in [-0.2, 0) is 4.79 Å². The summed E-state index contributed by atoms with van der Waals surface area (Å²) in [4.78, 5) is 12.4. The van der Waals surface area contributed by atoms with Crippen LogP contribution in [0.15, 0.2) is 23.3 Å². The number of nitriles is 1. The minimum absolute atomic E-state index is 0.169. The first-order valence-corrected chi connectivity index (χ1v) is 8.73. The summed E-state index contributed by atoms with van der Waals surface area (Å²) < 4.78 is 0. The van der Waals surface area contributed by atoms with Crippen molar-refractivity contribution in [3.05, 3.63) is 23.3 Å². The largest absolute Gasteiger partial charge is 0.393 e. The number of rotatable bonds is 0. The van der Waals surface area contributed by atoms with Gasteiger partial charge in [-0.25, -0.2) is 0 Å². The van der Waals surface area contributed by atoms with Gasteiger partial charge in [0.05, 0.1) is 17.1 Å². The zero-order chi connectivity index (χ0) is 17.8. The number of allylic oxidation sites excluding steroid dienone is 4. The molecule has 4 atom stereocenters. The Hall–Kier alpha value is -1.84. The van der Waals surface area contributed by atoms with E-state index in [-0.39, 0.29) is 28.3 Å². The SMILES string of the molecule is CC#C[C@]12C=C(C#N)C(=O)C=C1[C@@]1(C)CC[C@H](O)C(C)(C)[C@@H]1CC2. The molecule has 0 bridgehead atoms. The Kier molecular flexibility index (Phi) is 3.78. The predicted octanol–water partition coefficient (Wildman–Crippen LogP) is 3.55. The average molecular weight is 323 g/mol. The van der Waals surface area contributed by atoms with Crippen LogP contribution in [0.3, 0.4) is 0 Å². The maximum Gasteiger partial charge on any atom is 0.196 e. The highest BCUT2D eigenvalue weighted by molar-refractivity contribution is 6.09. The van der Waals surface area contributed by atoms with Gasteiger partial charge in [0.25, 0.3) is 0 Å². The molecule has 24 heavy (non-hydrogen) atoms. The van der Waals surface area contributed by atoms with Gasteiger partial charge in [0.2, 0.25) is 0 Å². The second-order valence-electron chi connectivity index (χ2n) is 8.32. The van der Waals surface area contributed by atoms with Crippen LogP contribution in [0.2, 0.25) is 0 Å². The lowest BCUT2D eigenvalue weighted by Crippen LogP contribution is -2.55. The number of carbonyl (C=O) groups is 1. The van der Waals surface area contributed by atoms with Gasteiger partial charge >= 0.3 is 0 Å². The quantitative estimate of drug-likeness (QED) is 0.693. The zero-order valence-electron chi connectivity index (χ0n) is 14.9. The summed E-state index contributed by atoms with van der Waals surface area (Å²) >= 11 is 0. The summed E-state index contributed by atoms with van der Waals surface area (Å²) in [7, 11) is 0. The molecule has 0 aromatic rings. The van der Waals surface area contributed by atoms with Crippen molar-refractivity contribution in [2.45, 2.75) is 59.5 Å². The maximum atomic E-state index is 12.4. The molecule has 2 saturated carbocycles. The molecular weight excluding hydrogens is 298 g/mol. The number of hydrogen-bond acceptors (Lipinski definition) is 3. The molecule has 0 aromatic carbocycles. The van der Waals surface area contributed by atoms with Crippen LogP contribution in [0, 0.1) is 45.3 Å². The van der Waals surface area contributed by atoms with Crippen LogP contribution in [0.1, 0.15) is 53.4 Å². The van der Waals surface area contributed by atoms with E-state index in [4.69, 9.17) is 0 Å². The summed E-state index contributed by atoms with van der Waals surface area (Å²) in [5.74, 6) is 6.45. The fourth-order valence-electron chi connectivity index (χ4n) is 5.51. The first-order chi connectivity index (χ1) is 11.2. The third-order valence-corrected chi connectivity index (χ3v) is 6.79. The molecule has 0 unspecified atom stereocenters. The second kappa shape index (κ2) is 5.33. The lowest BCUT2D eigenvalue weighted by Gasteiger charge is -2.60.